The number of methoxy groups -OCH3 is 2. The first-order valence-corrected chi connectivity index (χ1v) is 19.2. The van der Waals surface area contributed by atoms with Gasteiger partial charge in [-0.05, 0) is 77.6 Å². The zero-order valence-corrected chi connectivity index (χ0v) is 33.4. The number of alkyl halides is 1. The van der Waals surface area contributed by atoms with Gasteiger partial charge in [0.25, 0.3) is 11.5 Å². The largest absolute Gasteiger partial charge is 0.496 e. The fraction of sp³-hybridized carbons (Fsp3) is 0.415. The van der Waals surface area contributed by atoms with Gasteiger partial charge in [-0.15, -0.1) is 0 Å². The third kappa shape index (κ3) is 8.68. The van der Waals surface area contributed by atoms with E-state index in [1.54, 1.807) is 44.3 Å². The van der Waals surface area contributed by atoms with Crippen molar-refractivity contribution in [2.75, 3.05) is 38.4 Å². The Morgan fingerprint density at radius 3 is 2.56 bits per heavy atom. The molecule has 1 aliphatic heterocycles. The molecule has 0 radical (unpaired) electrons. The molecule has 4 aromatic rings. The summed E-state index contributed by atoms with van der Waals surface area (Å²) >= 11 is 2.44. The molecule has 52 heavy (non-hydrogen) atoms. The summed E-state index contributed by atoms with van der Waals surface area (Å²) in [6.07, 6.45) is 8.65. The van der Waals surface area contributed by atoms with E-state index in [1.165, 1.54) is 11.1 Å². The summed E-state index contributed by atoms with van der Waals surface area (Å²) in [5.41, 5.74) is 6.36. The van der Waals surface area contributed by atoms with Crippen molar-refractivity contribution in [1.82, 2.24) is 24.7 Å². The number of aromatic nitrogens is 2. The molecule has 1 atom stereocenters. The van der Waals surface area contributed by atoms with Gasteiger partial charge >= 0.3 is 0 Å². The molecule has 1 aliphatic rings. The van der Waals surface area contributed by atoms with Crippen molar-refractivity contribution in [1.29, 1.82) is 5.26 Å². The highest BCUT2D eigenvalue weighted by molar-refractivity contribution is 14.1. The number of nitriles is 1. The summed E-state index contributed by atoms with van der Waals surface area (Å²) < 4.78 is 14.2. The number of allylic oxidation sites excluding steroid dienone is 1. The van der Waals surface area contributed by atoms with Gasteiger partial charge in [-0.1, -0.05) is 67.6 Å². The van der Waals surface area contributed by atoms with E-state index in [0.29, 0.717) is 30.0 Å². The third-order valence-corrected chi connectivity index (χ3v) is 10.6. The van der Waals surface area contributed by atoms with Gasteiger partial charge in [-0.25, -0.2) is 0 Å². The van der Waals surface area contributed by atoms with Crippen molar-refractivity contribution in [3.63, 3.8) is 0 Å². The van der Waals surface area contributed by atoms with Crippen LogP contribution in [0.4, 0.5) is 0 Å². The highest BCUT2D eigenvalue weighted by Gasteiger charge is 2.31. The zero-order chi connectivity index (χ0) is 37.6. The first-order valence-electron chi connectivity index (χ1n) is 17.6. The normalized spacial score (nSPS) is 14.7. The molecule has 0 bridgehead atoms. The van der Waals surface area contributed by atoms with Crippen molar-refractivity contribution in [3.05, 3.63) is 99.2 Å². The quantitative estimate of drug-likeness (QED) is 0.0386. The molecule has 3 heterocycles. The number of hydrogen-bond acceptors (Lipinski definition) is 8. The Hall–Kier alpha value is -4.25. The monoisotopic (exact) mass is 816 g/mol. The maximum absolute atomic E-state index is 13.4. The number of amides is 1. The fourth-order valence-electron chi connectivity index (χ4n) is 7.02. The molecule has 0 saturated heterocycles. The van der Waals surface area contributed by atoms with Gasteiger partial charge < -0.3 is 24.3 Å². The standard InChI is InChI=1S/C41H49IN6O4/c1-27-31-11-8-10-28(32(31)13-17-48(27)39(49)30(21-43)20-41(2,3)4)24-47(26-42)16-9-14-44-23-35-37(51-6)18-29(19-38(35)52-7)36-25-46(5)40(50)34-22-45-15-12-33(34)36/h8,10-12,15,18-20,22,25,27,44H,9,13-14,16-17,23-24,26H2,1-7H3/b30-20+. The average molecular weight is 817 g/mol. The summed E-state index contributed by atoms with van der Waals surface area (Å²) in [5, 5.41) is 14.7. The maximum atomic E-state index is 13.4. The van der Waals surface area contributed by atoms with E-state index < -0.39 is 0 Å². The minimum absolute atomic E-state index is 0.0919. The highest BCUT2D eigenvalue weighted by Crippen LogP contribution is 2.37. The first-order chi connectivity index (χ1) is 24.9. The number of rotatable bonds is 13. The predicted molar refractivity (Wildman–Crippen MR) is 215 cm³/mol. The van der Waals surface area contributed by atoms with Crippen LogP contribution in [0, 0.1) is 16.7 Å². The second kappa shape index (κ2) is 17.1. The Kier molecular flexibility index (Phi) is 12.8. The number of fused-ring (bicyclic) bond motifs is 2. The van der Waals surface area contributed by atoms with Gasteiger partial charge in [0.1, 0.15) is 23.1 Å². The second-order valence-corrected chi connectivity index (χ2v) is 15.1. The van der Waals surface area contributed by atoms with E-state index in [4.69, 9.17) is 9.47 Å². The molecule has 2 aromatic heterocycles. The van der Waals surface area contributed by atoms with Crippen LogP contribution in [0.15, 0.2) is 71.4 Å². The van der Waals surface area contributed by atoms with Crippen molar-refractivity contribution in [2.45, 2.75) is 59.7 Å². The van der Waals surface area contributed by atoms with Crippen LogP contribution in [0.2, 0.25) is 0 Å². The Morgan fingerprint density at radius 1 is 1.17 bits per heavy atom. The van der Waals surface area contributed by atoms with Crippen LogP contribution in [0.25, 0.3) is 21.9 Å². The first kappa shape index (κ1) is 39.0. The minimum Gasteiger partial charge on any atom is -0.496 e. The van der Waals surface area contributed by atoms with Crippen LogP contribution in [0.1, 0.15) is 62.4 Å². The summed E-state index contributed by atoms with van der Waals surface area (Å²) in [7, 11) is 5.07. The van der Waals surface area contributed by atoms with E-state index in [0.717, 1.165) is 64.7 Å². The molecule has 274 valence electrons. The van der Waals surface area contributed by atoms with Crippen molar-refractivity contribution in [2.24, 2.45) is 12.5 Å². The molecule has 1 N–H and O–H groups in total. The lowest BCUT2D eigenvalue weighted by Gasteiger charge is -2.37. The SMILES string of the molecule is COc1cc(-c2cn(C)c(=O)c3cnccc23)cc(OC)c1CNCCCN(CI)Cc1cccc2c1CCN(C(=O)/C(C#N)=C/C(C)(C)C)C2C. The van der Waals surface area contributed by atoms with E-state index in [2.05, 4.69) is 69.0 Å². The highest BCUT2D eigenvalue weighted by atomic mass is 127. The fourth-order valence-corrected chi connectivity index (χ4v) is 7.60. The van der Waals surface area contributed by atoms with Crippen LogP contribution in [-0.4, -0.2) is 63.7 Å². The number of hydrogen-bond donors (Lipinski definition) is 1. The van der Waals surface area contributed by atoms with E-state index in [-0.39, 0.29) is 28.5 Å². The van der Waals surface area contributed by atoms with Gasteiger partial charge in [0.05, 0.1) is 30.2 Å². The Bertz CT molecular complexity index is 2040. The summed E-state index contributed by atoms with van der Waals surface area (Å²) in [5.74, 6) is 1.23. The lowest BCUT2D eigenvalue weighted by atomic mass is 9.88. The topological polar surface area (TPSA) is 113 Å². The molecule has 0 aliphatic carbocycles. The third-order valence-electron chi connectivity index (χ3n) is 9.61. The Balaban J connectivity index is 1.22. The zero-order valence-electron chi connectivity index (χ0n) is 31.3. The molecule has 5 rings (SSSR count). The van der Waals surface area contributed by atoms with Gasteiger partial charge in [0.2, 0.25) is 0 Å². The number of carbonyl (C=O) groups excluding carboxylic acids is 1. The van der Waals surface area contributed by atoms with Crippen LogP contribution in [-0.2, 0) is 31.4 Å². The van der Waals surface area contributed by atoms with E-state index in [1.807, 2.05) is 50.1 Å². The van der Waals surface area contributed by atoms with Gasteiger partial charge in [0.15, 0.2) is 0 Å². The summed E-state index contributed by atoms with van der Waals surface area (Å²) in [6.45, 7) is 11.8. The van der Waals surface area contributed by atoms with Gasteiger partial charge in [-0.2, -0.15) is 5.26 Å². The Morgan fingerprint density at radius 2 is 1.90 bits per heavy atom. The number of nitrogens with one attached hydrogen (secondary N) is 1. The molecule has 0 saturated carbocycles. The number of halogens is 1. The van der Waals surface area contributed by atoms with Crippen molar-refractivity contribution < 1.29 is 14.3 Å². The molecule has 1 unspecified atom stereocenters. The van der Waals surface area contributed by atoms with E-state index >= 15 is 0 Å². The molecule has 1 amide bonds. The van der Waals surface area contributed by atoms with Gasteiger partial charge in [0, 0.05) is 62.9 Å². The lowest BCUT2D eigenvalue weighted by molar-refractivity contribution is -0.129. The maximum Gasteiger partial charge on any atom is 0.264 e. The average Bonchev–Trinajstić information content (AvgIpc) is 3.14. The van der Waals surface area contributed by atoms with Gasteiger partial charge in [-0.3, -0.25) is 19.5 Å². The molecular weight excluding hydrogens is 767 g/mol. The van der Waals surface area contributed by atoms with Crippen LogP contribution in [0.5, 0.6) is 11.5 Å². The number of ether oxygens (including phenoxy) is 2. The van der Waals surface area contributed by atoms with Crippen LogP contribution >= 0.6 is 22.6 Å². The van der Waals surface area contributed by atoms with Crippen LogP contribution < -0.4 is 20.3 Å². The van der Waals surface area contributed by atoms with Crippen molar-refractivity contribution >= 4 is 39.3 Å². The number of carbonyl (C=O) groups is 1. The predicted octanol–water partition coefficient (Wildman–Crippen LogP) is 6.93. The molecule has 0 fully saturated rings. The molecule has 11 heteroatoms. The smallest absolute Gasteiger partial charge is 0.264 e. The number of pyridine rings is 2. The number of nitrogens with zero attached hydrogens (tertiary/aromatic N) is 5. The molecule has 2 aromatic carbocycles. The summed E-state index contributed by atoms with van der Waals surface area (Å²) in [6, 6.07) is 14.3. The second-order valence-electron chi connectivity index (χ2n) is 14.4. The number of aryl methyl sites for hydroxylation is 1. The summed E-state index contributed by atoms with van der Waals surface area (Å²) in [4.78, 5) is 34.6. The molecule has 10 nitrogen and oxygen atoms in total. The Labute approximate surface area is 320 Å². The van der Waals surface area contributed by atoms with Crippen molar-refractivity contribution in [3.8, 4) is 28.7 Å². The van der Waals surface area contributed by atoms with Crippen LogP contribution in [0.3, 0.4) is 0 Å². The molecule has 0 spiro atoms. The van der Waals surface area contributed by atoms with E-state index in [9.17, 15) is 14.9 Å². The minimum atomic E-state index is -0.254. The number of benzene rings is 2. The lowest BCUT2D eigenvalue weighted by Crippen LogP contribution is -2.40. The molecular formula is C41H49IN6O4.